The number of nitrogens with two attached hydrogens (primary N) is 2. The van der Waals surface area contributed by atoms with Gasteiger partial charge in [0.25, 0.3) is 0 Å². The largest absolute Gasteiger partial charge is 0.368 e. The van der Waals surface area contributed by atoms with Crippen molar-refractivity contribution in [1.29, 1.82) is 0 Å². The molecular weight excluding hydrogens is 184 g/mol. The maximum atomic E-state index is 10.6. The molecule has 82 valence electrons. The van der Waals surface area contributed by atoms with Crippen molar-refractivity contribution in [3.63, 3.8) is 0 Å². The average molecular weight is 202 g/mol. The molecule has 0 unspecified atom stereocenters. The zero-order valence-corrected chi connectivity index (χ0v) is 8.28. The minimum absolute atomic E-state index is 0.121. The van der Waals surface area contributed by atoms with Gasteiger partial charge in [-0.2, -0.15) is 0 Å². The van der Waals surface area contributed by atoms with E-state index in [1.54, 1.807) is 0 Å². The van der Waals surface area contributed by atoms with Crippen LogP contribution in [0.2, 0.25) is 0 Å². The van der Waals surface area contributed by atoms with Crippen molar-refractivity contribution in [3.8, 4) is 0 Å². The Kier molecular flexibility index (Phi) is 4.86. The summed E-state index contributed by atoms with van der Waals surface area (Å²) in [7, 11) is 0. The van der Waals surface area contributed by atoms with Crippen LogP contribution in [0.15, 0.2) is 0 Å². The van der Waals surface area contributed by atoms with Crippen molar-refractivity contribution >= 4 is 5.91 Å². The van der Waals surface area contributed by atoms with Gasteiger partial charge < -0.3 is 20.9 Å². The van der Waals surface area contributed by atoms with E-state index in [0.717, 1.165) is 32.5 Å². The minimum atomic E-state index is -0.543. The van der Waals surface area contributed by atoms with Gasteiger partial charge in [0, 0.05) is 0 Å². The van der Waals surface area contributed by atoms with Crippen LogP contribution in [0, 0.1) is 0 Å². The number of hydrogen-bond acceptors (Lipinski definition) is 4. The Morgan fingerprint density at radius 3 is 2.64 bits per heavy atom. The van der Waals surface area contributed by atoms with Gasteiger partial charge in [-0.1, -0.05) is 0 Å². The third-order valence-corrected chi connectivity index (χ3v) is 2.22. The summed E-state index contributed by atoms with van der Waals surface area (Å²) in [4.78, 5) is 10.6. The molecule has 1 fully saturated rings. The van der Waals surface area contributed by atoms with Gasteiger partial charge in [0.05, 0.1) is 19.3 Å². The smallest absolute Gasteiger partial charge is 0.234 e. The summed E-state index contributed by atoms with van der Waals surface area (Å²) in [6, 6.07) is -0.543. The first-order valence-corrected chi connectivity index (χ1v) is 4.98. The lowest BCUT2D eigenvalue weighted by Gasteiger charge is -2.23. The van der Waals surface area contributed by atoms with Gasteiger partial charge in [-0.25, -0.2) is 0 Å². The van der Waals surface area contributed by atoms with Gasteiger partial charge in [0.15, 0.2) is 6.29 Å². The van der Waals surface area contributed by atoms with Crippen molar-refractivity contribution in [3.05, 3.63) is 0 Å². The third-order valence-electron chi connectivity index (χ3n) is 2.22. The molecule has 0 saturated carbocycles. The normalized spacial score (nSPS) is 20.6. The quantitative estimate of drug-likeness (QED) is 0.642. The van der Waals surface area contributed by atoms with Crippen molar-refractivity contribution in [1.82, 2.24) is 0 Å². The van der Waals surface area contributed by atoms with E-state index in [4.69, 9.17) is 20.9 Å². The van der Waals surface area contributed by atoms with E-state index in [1.807, 2.05) is 0 Å². The van der Waals surface area contributed by atoms with Crippen molar-refractivity contribution in [2.75, 3.05) is 13.2 Å². The molecule has 1 amide bonds. The first kappa shape index (κ1) is 11.4. The predicted octanol–water partition coefficient (Wildman–Crippen LogP) is -0.268. The van der Waals surface area contributed by atoms with E-state index in [-0.39, 0.29) is 6.29 Å². The molecule has 0 radical (unpaired) electrons. The molecule has 0 aromatic carbocycles. The topological polar surface area (TPSA) is 87.6 Å². The molecule has 14 heavy (non-hydrogen) atoms. The second-order valence-electron chi connectivity index (χ2n) is 3.46. The van der Waals surface area contributed by atoms with E-state index >= 15 is 0 Å². The fourth-order valence-corrected chi connectivity index (χ4v) is 1.35. The van der Waals surface area contributed by atoms with Gasteiger partial charge in [-0.05, 0) is 25.7 Å². The first-order valence-electron chi connectivity index (χ1n) is 4.98. The molecule has 1 aliphatic heterocycles. The second kappa shape index (κ2) is 5.95. The van der Waals surface area contributed by atoms with Crippen LogP contribution in [-0.2, 0) is 14.3 Å². The summed E-state index contributed by atoms with van der Waals surface area (Å²) in [5.41, 5.74) is 10.5. The molecule has 0 aliphatic carbocycles. The average Bonchev–Trinajstić information content (AvgIpc) is 2.19. The molecule has 0 aromatic heterocycles. The molecule has 5 nitrogen and oxygen atoms in total. The Labute approximate surface area is 83.7 Å². The highest BCUT2D eigenvalue weighted by Crippen LogP contribution is 2.12. The molecule has 1 saturated heterocycles. The van der Waals surface area contributed by atoms with E-state index < -0.39 is 11.9 Å². The van der Waals surface area contributed by atoms with Gasteiger partial charge in [-0.15, -0.1) is 0 Å². The van der Waals surface area contributed by atoms with Crippen LogP contribution in [0.1, 0.15) is 25.7 Å². The van der Waals surface area contributed by atoms with E-state index in [2.05, 4.69) is 0 Å². The van der Waals surface area contributed by atoms with Crippen LogP contribution in [0.4, 0.5) is 0 Å². The number of ether oxygens (including phenoxy) is 2. The summed E-state index contributed by atoms with van der Waals surface area (Å²) in [6.45, 7) is 1.51. The molecule has 1 atom stereocenters. The molecule has 0 bridgehead atoms. The highest BCUT2D eigenvalue weighted by molar-refractivity contribution is 5.79. The Bertz CT molecular complexity index is 181. The second-order valence-corrected chi connectivity index (χ2v) is 3.46. The number of amides is 1. The van der Waals surface area contributed by atoms with Crippen LogP contribution in [0.3, 0.4) is 0 Å². The number of primary amides is 1. The van der Waals surface area contributed by atoms with Gasteiger partial charge in [0.1, 0.15) is 0 Å². The van der Waals surface area contributed by atoms with E-state index in [9.17, 15) is 4.79 Å². The number of carbonyl (C=O) groups is 1. The Morgan fingerprint density at radius 2 is 2.07 bits per heavy atom. The maximum Gasteiger partial charge on any atom is 0.234 e. The monoisotopic (exact) mass is 202 g/mol. The highest BCUT2D eigenvalue weighted by Gasteiger charge is 2.15. The minimum Gasteiger partial charge on any atom is -0.368 e. The predicted molar refractivity (Wildman–Crippen MR) is 51.3 cm³/mol. The molecule has 1 aliphatic rings. The molecule has 0 spiro atoms. The van der Waals surface area contributed by atoms with Crippen molar-refractivity contribution < 1.29 is 14.3 Å². The van der Waals surface area contributed by atoms with Crippen LogP contribution in [0.5, 0.6) is 0 Å². The lowest BCUT2D eigenvalue weighted by atomic mass is 10.1. The van der Waals surface area contributed by atoms with Crippen LogP contribution < -0.4 is 11.5 Å². The molecule has 4 N–H and O–H groups in total. The third kappa shape index (κ3) is 4.04. The Morgan fingerprint density at radius 1 is 1.43 bits per heavy atom. The SMILES string of the molecule is NC(=O)[C@H](N)CCCC1OCCCO1. The van der Waals surface area contributed by atoms with Crippen LogP contribution in [0.25, 0.3) is 0 Å². The molecule has 1 rings (SSSR count). The number of hydrogen-bond donors (Lipinski definition) is 2. The van der Waals surface area contributed by atoms with Gasteiger partial charge in [0.2, 0.25) is 5.91 Å². The Balaban J connectivity index is 2.05. The lowest BCUT2D eigenvalue weighted by Crippen LogP contribution is -2.36. The summed E-state index contributed by atoms with van der Waals surface area (Å²) in [5.74, 6) is -0.449. The summed E-state index contributed by atoms with van der Waals surface area (Å²) < 4.78 is 10.7. The molecule has 0 aromatic rings. The highest BCUT2D eigenvalue weighted by atomic mass is 16.7. The summed E-state index contributed by atoms with van der Waals surface area (Å²) in [6.07, 6.45) is 3.01. The number of rotatable bonds is 5. The zero-order chi connectivity index (χ0) is 10.4. The standard InChI is InChI=1S/C9H18N2O3/c10-7(9(11)12)3-1-4-8-13-5-2-6-14-8/h7-8H,1-6,10H2,(H2,11,12)/t7-/m1/s1. The molecule has 1 heterocycles. The summed E-state index contributed by atoms with van der Waals surface area (Å²) >= 11 is 0. The van der Waals surface area contributed by atoms with Crippen LogP contribution >= 0.6 is 0 Å². The van der Waals surface area contributed by atoms with Crippen molar-refractivity contribution in [2.45, 2.75) is 38.0 Å². The van der Waals surface area contributed by atoms with Crippen LogP contribution in [-0.4, -0.2) is 31.5 Å². The molecular formula is C9H18N2O3. The Hall–Kier alpha value is -0.650. The molecule has 5 heteroatoms. The van der Waals surface area contributed by atoms with Gasteiger partial charge >= 0.3 is 0 Å². The van der Waals surface area contributed by atoms with E-state index in [0.29, 0.717) is 6.42 Å². The fourth-order valence-electron chi connectivity index (χ4n) is 1.35. The zero-order valence-electron chi connectivity index (χ0n) is 8.28. The summed E-state index contributed by atoms with van der Waals surface area (Å²) in [5, 5.41) is 0. The number of carbonyl (C=O) groups excluding carboxylic acids is 1. The fraction of sp³-hybridized carbons (Fsp3) is 0.889. The maximum absolute atomic E-state index is 10.6. The first-order chi connectivity index (χ1) is 6.70. The van der Waals surface area contributed by atoms with Crippen molar-refractivity contribution in [2.24, 2.45) is 11.5 Å². The van der Waals surface area contributed by atoms with E-state index in [1.165, 1.54) is 0 Å². The lowest BCUT2D eigenvalue weighted by molar-refractivity contribution is -0.181. The van der Waals surface area contributed by atoms with Gasteiger partial charge in [-0.3, -0.25) is 4.79 Å².